The molecule has 1 aromatic carbocycles. The molecule has 0 spiro atoms. The summed E-state index contributed by atoms with van der Waals surface area (Å²) in [6.07, 6.45) is 1.14. The van der Waals surface area contributed by atoms with Crippen molar-refractivity contribution >= 4 is 0 Å². The largest absolute Gasteiger partial charge is 0.496 e. The maximum Gasteiger partial charge on any atom is 0.123 e. The van der Waals surface area contributed by atoms with E-state index < -0.39 is 0 Å². The molecule has 1 aliphatic heterocycles. The summed E-state index contributed by atoms with van der Waals surface area (Å²) >= 11 is 0. The summed E-state index contributed by atoms with van der Waals surface area (Å²) in [6.45, 7) is 7.45. The van der Waals surface area contributed by atoms with Crippen LogP contribution >= 0.6 is 0 Å². The molecule has 0 aliphatic carbocycles. The first kappa shape index (κ1) is 13.4. The molecule has 0 bridgehead atoms. The molecule has 0 aromatic heterocycles. The second kappa shape index (κ2) is 5.72. The molecular formula is C15H24N2O. The Hall–Kier alpha value is -1.06. The normalized spacial score (nSPS) is 25.1. The predicted molar refractivity (Wildman–Crippen MR) is 74.8 cm³/mol. The lowest BCUT2D eigenvalue weighted by Crippen LogP contribution is -2.45. The van der Waals surface area contributed by atoms with E-state index in [4.69, 9.17) is 10.5 Å². The lowest BCUT2D eigenvalue weighted by atomic mass is 9.96. The molecule has 2 N–H and O–H groups in total. The third-order valence-corrected chi connectivity index (χ3v) is 3.60. The van der Waals surface area contributed by atoms with E-state index in [1.54, 1.807) is 7.11 Å². The van der Waals surface area contributed by atoms with Crippen molar-refractivity contribution in [2.75, 3.05) is 20.2 Å². The van der Waals surface area contributed by atoms with Gasteiger partial charge >= 0.3 is 0 Å². The van der Waals surface area contributed by atoms with Crippen LogP contribution in [0.25, 0.3) is 0 Å². The Morgan fingerprint density at radius 2 is 2.17 bits per heavy atom. The van der Waals surface area contributed by atoms with Crippen LogP contribution < -0.4 is 10.5 Å². The van der Waals surface area contributed by atoms with Gasteiger partial charge in [0.15, 0.2) is 0 Å². The van der Waals surface area contributed by atoms with Gasteiger partial charge in [-0.15, -0.1) is 0 Å². The second-order valence-corrected chi connectivity index (χ2v) is 5.61. The highest BCUT2D eigenvalue weighted by Gasteiger charge is 2.22. The summed E-state index contributed by atoms with van der Waals surface area (Å²) in [5.74, 6) is 1.66. The summed E-state index contributed by atoms with van der Waals surface area (Å²) in [7, 11) is 1.73. The van der Waals surface area contributed by atoms with Crippen molar-refractivity contribution in [2.45, 2.75) is 32.9 Å². The van der Waals surface area contributed by atoms with Crippen LogP contribution in [-0.2, 0) is 6.54 Å². The maximum absolute atomic E-state index is 6.10. The van der Waals surface area contributed by atoms with Gasteiger partial charge in [0.05, 0.1) is 7.11 Å². The third-order valence-electron chi connectivity index (χ3n) is 3.60. The van der Waals surface area contributed by atoms with Crippen molar-refractivity contribution in [3.63, 3.8) is 0 Å². The molecule has 1 fully saturated rings. The number of hydrogen-bond donors (Lipinski definition) is 1. The van der Waals surface area contributed by atoms with Crippen molar-refractivity contribution in [3.8, 4) is 5.75 Å². The van der Waals surface area contributed by atoms with Crippen LogP contribution in [0.2, 0.25) is 0 Å². The Morgan fingerprint density at radius 3 is 2.83 bits per heavy atom. The zero-order valence-corrected chi connectivity index (χ0v) is 11.6. The van der Waals surface area contributed by atoms with Crippen LogP contribution in [0.5, 0.6) is 5.75 Å². The lowest BCUT2D eigenvalue weighted by Gasteiger charge is -2.35. The minimum absolute atomic E-state index is 0.310. The summed E-state index contributed by atoms with van der Waals surface area (Å²) in [6, 6.07) is 6.67. The molecule has 1 heterocycles. The molecule has 0 radical (unpaired) electrons. The SMILES string of the molecule is COc1ccc(C)cc1CN1CC(C)CC(N)C1. The molecule has 100 valence electrons. The standard InChI is InChI=1S/C15H24N2O/c1-11-4-5-15(18-3)13(6-11)9-17-8-12(2)7-14(16)10-17/h4-6,12,14H,7-10,16H2,1-3H3. The Bertz CT molecular complexity index is 395. The highest BCUT2D eigenvalue weighted by atomic mass is 16.5. The summed E-state index contributed by atoms with van der Waals surface area (Å²) in [5.41, 5.74) is 8.64. The first-order valence-electron chi connectivity index (χ1n) is 6.70. The zero-order chi connectivity index (χ0) is 13.1. The van der Waals surface area contributed by atoms with E-state index in [-0.39, 0.29) is 0 Å². The van der Waals surface area contributed by atoms with Crippen LogP contribution in [0.1, 0.15) is 24.5 Å². The molecule has 2 rings (SSSR count). The Labute approximate surface area is 110 Å². The van der Waals surface area contributed by atoms with Crippen molar-refractivity contribution in [1.82, 2.24) is 4.90 Å². The monoisotopic (exact) mass is 248 g/mol. The zero-order valence-electron chi connectivity index (χ0n) is 11.6. The van der Waals surface area contributed by atoms with Gasteiger partial charge < -0.3 is 10.5 Å². The molecule has 0 amide bonds. The van der Waals surface area contributed by atoms with Gasteiger partial charge in [-0.25, -0.2) is 0 Å². The van der Waals surface area contributed by atoms with E-state index in [9.17, 15) is 0 Å². The lowest BCUT2D eigenvalue weighted by molar-refractivity contribution is 0.157. The van der Waals surface area contributed by atoms with Crippen LogP contribution in [0, 0.1) is 12.8 Å². The van der Waals surface area contributed by atoms with E-state index >= 15 is 0 Å². The van der Waals surface area contributed by atoms with Gasteiger partial charge in [0.1, 0.15) is 5.75 Å². The second-order valence-electron chi connectivity index (χ2n) is 5.61. The van der Waals surface area contributed by atoms with Crippen LogP contribution in [0.3, 0.4) is 0 Å². The molecule has 18 heavy (non-hydrogen) atoms. The molecule has 2 atom stereocenters. The fourth-order valence-electron chi connectivity index (χ4n) is 2.91. The number of methoxy groups -OCH3 is 1. The predicted octanol–water partition coefficient (Wildman–Crippen LogP) is 2.17. The maximum atomic E-state index is 6.10. The van der Waals surface area contributed by atoms with Gasteiger partial charge in [0.2, 0.25) is 0 Å². The van der Waals surface area contributed by atoms with Crippen molar-refractivity contribution < 1.29 is 4.74 Å². The van der Waals surface area contributed by atoms with Crippen molar-refractivity contribution in [3.05, 3.63) is 29.3 Å². The average molecular weight is 248 g/mol. The molecule has 1 aliphatic rings. The quantitative estimate of drug-likeness (QED) is 0.891. The number of benzene rings is 1. The van der Waals surface area contributed by atoms with Crippen molar-refractivity contribution in [2.24, 2.45) is 11.7 Å². The van der Waals surface area contributed by atoms with Gasteiger partial charge in [-0.2, -0.15) is 0 Å². The fourth-order valence-corrected chi connectivity index (χ4v) is 2.91. The van der Waals surface area contributed by atoms with Gasteiger partial charge in [0, 0.05) is 31.2 Å². The average Bonchev–Trinajstić information content (AvgIpc) is 2.27. The Balaban J connectivity index is 2.10. The number of nitrogens with zero attached hydrogens (tertiary/aromatic N) is 1. The van der Waals surface area contributed by atoms with E-state index in [1.165, 1.54) is 11.1 Å². The minimum Gasteiger partial charge on any atom is -0.496 e. The smallest absolute Gasteiger partial charge is 0.123 e. The van der Waals surface area contributed by atoms with Gasteiger partial charge in [-0.1, -0.05) is 24.6 Å². The van der Waals surface area contributed by atoms with Crippen LogP contribution in [0.4, 0.5) is 0 Å². The van der Waals surface area contributed by atoms with Gasteiger partial charge in [0.25, 0.3) is 0 Å². The van der Waals surface area contributed by atoms with E-state index in [0.29, 0.717) is 12.0 Å². The minimum atomic E-state index is 0.310. The Kier molecular flexibility index (Phi) is 4.25. The number of nitrogens with two attached hydrogens (primary N) is 1. The molecule has 3 heteroatoms. The topological polar surface area (TPSA) is 38.5 Å². The van der Waals surface area contributed by atoms with Crippen LogP contribution in [-0.4, -0.2) is 31.1 Å². The molecule has 0 saturated carbocycles. The highest BCUT2D eigenvalue weighted by Crippen LogP contribution is 2.24. The molecule has 3 nitrogen and oxygen atoms in total. The molecule has 2 unspecified atom stereocenters. The number of hydrogen-bond acceptors (Lipinski definition) is 3. The molecule has 1 saturated heterocycles. The third kappa shape index (κ3) is 3.24. The molecular weight excluding hydrogens is 224 g/mol. The van der Waals surface area contributed by atoms with E-state index in [1.807, 2.05) is 0 Å². The fraction of sp³-hybridized carbons (Fsp3) is 0.600. The van der Waals surface area contributed by atoms with Gasteiger partial charge in [-0.05, 0) is 25.3 Å². The van der Waals surface area contributed by atoms with Gasteiger partial charge in [-0.3, -0.25) is 4.90 Å². The number of rotatable bonds is 3. The summed E-state index contributed by atoms with van der Waals surface area (Å²) < 4.78 is 5.44. The summed E-state index contributed by atoms with van der Waals surface area (Å²) in [4.78, 5) is 2.44. The first-order valence-corrected chi connectivity index (χ1v) is 6.70. The van der Waals surface area contributed by atoms with Crippen molar-refractivity contribution in [1.29, 1.82) is 0 Å². The number of aryl methyl sites for hydroxylation is 1. The van der Waals surface area contributed by atoms with Crippen LogP contribution in [0.15, 0.2) is 18.2 Å². The summed E-state index contributed by atoms with van der Waals surface area (Å²) in [5, 5.41) is 0. The van der Waals surface area contributed by atoms with E-state index in [2.05, 4.69) is 36.9 Å². The van der Waals surface area contributed by atoms with E-state index in [0.717, 1.165) is 31.8 Å². The Morgan fingerprint density at radius 1 is 1.39 bits per heavy atom. The first-order chi connectivity index (χ1) is 8.58. The number of ether oxygens (including phenoxy) is 1. The highest BCUT2D eigenvalue weighted by molar-refractivity contribution is 5.36. The number of likely N-dealkylation sites (tertiary alicyclic amines) is 1. The number of piperidine rings is 1. The molecule has 1 aromatic rings.